The third-order valence-electron chi connectivity index (χ3n) is 5.29. The Hall–Kier alpha value is -0.915. The van der Waals surface area contributed by atoms with Gasteiger partial charge in [-0.3, -0.25) is 4.90 Å². The number of benzene rings is 1. The Morgan fingerprint density at radius 1 is 1.04 bits per heavy atom. The molecule has 0 radical (unpaired) electrons. The molecule has 2 aliphatic heterocycles. The molecule has 23 heavy (non-hydrogen) atoms. The van der Waals surface area contributed by atoms with Crippen LogP contribution >= 0.6 is 0 Å². The Kier molecular flexibility index (Phi) is 4.32. The summed E-state index contributed by atoms with van der Waals surface area (Å²) < 4.78 is 12.3. The van der Waals surface area contributed by atoms with Crippen molar-refractivity contribution in [1.29, 1.82) is 0 Å². The summed E-state index contributed by atoms with van der Waals surface area (Å²) in [5.74, 6) is 0. The summed E-state index contributed by atoms with van der Waals surface area (Å²) in [6.07, 6.45) is -1.34. The predicted molar refractivity (Wildman–Crippen MR) is 89.4 cm³/mol. The van der Waals surface area contributed by atoms with Gasteiger partial charge in [0.25, 0.3) is 0 Å². The molecule has 2 unspecified atom stereocenters. The van der Waals surface area contributed by atoms with Crippen molar-refractivity contribution in [3.63, 3.8) is 0 Å². The number of β-amino-alcohol motifs (C(OH)–C–C–N with tert-alkyl or cyclic N) is 2. The lowest BCUT2D eigenvalue weighted by Gasteiger charge is -2.32. The average molecular weight is 319 g/mol. The summed E-state index contributed by atoms with van der Waals surface area (Å²) in [5, 5.41) is 19.4. The normalized spacial score (nSPS) is 30.1. The van der Waals surface area contributed by atoms with Crippen molar-refractivity contribution in [1.82, 2.24) is 4.90 Å². The van der Waals surface area contributed by atoms with Gasteiger partial charge in [0.15, 0.2) is 0 Å². The molecule has 2 aliphatic rings. The predicted octanol–water partition coefficient (Wildman–Crippen LogP) is 0.523. The average Bonchev–Trinajstić information content (AvgIpc) is 2.87. The van der Waals surface area contributed by atoms with Crippen LogP contribution < -0.4 is 5.46 Å². The van der Waals surface area contributed by atoms with Crippen LogP contribution in [0.1, 0.15) is 33.3 Å². The van der Waals surface area contributed by atoms with Crippen molar-refractivity contribution in [2.75, 3.05) is 13.1 Å². The van der Waals surface area contributed by atoms with Crippen LogP contribution in [0.5, 0.6) is 0 Å². The van der Waals surface area contributed by atoms with Crippen LogP contribution in [0.2, 0.25) is 0 Å². The van der Waals surface area contributed by atoms with Gasteiger partial charge in [-0.1, -0.05) is 24.3 Å². The minimum Gasteiger partial charge on any atom is -0.399 e. The van der Waals surface area contributed by atoms with E-state index in [-0.39, 0.29) is 11.2 Å². The highest BCUT2D eigenvalue weighted by Crippen LogP contribution is 2.36. The maximum Gasteiger partial charge on any atom is 0.495 e. The molecule has 5 nitrogen and oxygen atoms in total. The quantitative estimate of drug-likeness (QED) is 0.796. The SMILES string of the molecule is CC1(C)OB(c2ccccc2CN2CC(O)C(O)C2)OC1(C)C. The third-order valence-corrected chi connectivity index (χ3v) is 5.29. The summed E-state index contributed by atoms with van der Waals surface area (Å²) in [5.41, 5.74) is 1.38. The standard InChI is InChI=1S/C17H26BNO4/c1-16(2)17(3,4)23-18(22-16)13-8-6-5-7-12(13)9-19-10-14(20)15(21)11-19/h5-8,14-15,20-21H,9-11H2,1-4H3. The van der Waals surface area contributed by atoms with Gasteiger partial charge in [-0.2, -0.15) is 0 Å². The molecule has 2 heterocycles. The fourth-order valence-corrected chi connectivity index (χ4v) is 3.10. The molecule has 6 heteroatoms. The van der Waals surface area contributed by atoms with Gasteiger partial charge in [-0.25, -0.2) is 0 Å². The minimum atomic E-state index is -0.668. The Balaban J connectivity index is 1.80. The van der Waals surface area contributed by atoms with Crippen LogP contribution in [-0.4, -0.2) is 58.7 Å². The fourth-order valence-electron chi connectivity index (χ4n) is 3.10. The second kappa shape index (κ2) is 5.86. The van der Waals surface area contributed by atoms with Crippen molar-refractivity contribution in [2.24, 2.45) is 0 Å². The second-order valence-corrected chi connectivity index (χ2v) is 7.62. The van der Waals surface area contributed by atoms with E-state index in [1.54, 1.807) is 0 Å². The molecule has 2 saturated heterocycles. The van der Waals surface area contributed by atoms with Gasteiger partial charge in [-0.05, 0) is 38.7 Å². The van der Waals surface area contributed by atoms with Gasteiger partial charge in [0.2, 0.25) is 0 Å². The third kappa shape index (κ3) is 3.19. The lowest BCUT2D eigenvalue weighted by molar-refractivity contribution is 0.00578. The van der Waals surface area contributed by atoms with E-state index in [1.807, 2.05) is 45.9 Å². The summed E-state index contributed by atoms with van der Waals surface area (Å²) in [6.45, 7) is 9.81. The molecule has 0 aromatic heterocycles. The molecular weight excluding hydrogens is 293 g/mol. The van der Waals surface area contributed by atoms with E-state index in [1.165, 1.54) is 0 Å². The lowest BCUT2D eigenvalue weighted by atomic mass is 9.76. The van der Waals surface area contributed by atoms with Crippen molar-refractivity contribution >= 4 is 12.6 Å². The zero-order valence-electron chi connectivity index (χ0n) is 14.3. The van der Waals surface area contributed by atoms with E-state index >= 15 is 0 Å². The second-order valence-electron chi connectivity index (χ2n) is 7.62. The molecule has 0 aliphatic carbocycles. The Labute approximate surface area is 138 Å². The Bertz CT molecular complexity index is 551. The van der Waals surface area contributed by atoms with Crippen molar-refractivity contribution < 1.29 is 19.5 Å². The molecule has 2 N–H and O–H groups in total. The van der Waals surface area contributed by atoms with Crippen LogP contribution in [0.3, 0.4) is 0 Å². The largest absolute Gasteiger partial charge is 0.495 e. The minimum absolute atomic E-state index is 0.370. The maximum absolute atomic E-state index is 9.72. The number of rotatable bonds is 3. The zero-order valence-corrected chi connectivity index (χ0v) is 14.3. The summed E-state index contributed by atoms with van der Waals surface area (Å²) in [4.78, 5) is 2.05. The Morgan fingerprint density at radius 2 is 1.57 bits per heavy atom. The van der Waals surface area contributed by atoms with Crippen molar-refractivity contribution in [2.45, 2.75) is 57.6 Å². The van der Waals surface area contributed by atoms with Gasteiger partial charge >= 0.3 is 7.12 Å². The summed E-state index contributed by atoms with van der Waals surface area (Å²) >= 11 is 0. The monoisotopic (exact) mass is 319 g/mol. The number of hydrogen-bond acceptors (Lipinski definition) is 5. The summed E-state index contributed by atoms with van der Waals surface area (Å²) in [6, 6.07) is 8.06. The number of likely N-dealkylation sites (tertiary alicyclic amines) is 1. The topological polar surface area (TPSA) is 62.2 Å². The van der Waals surface area contributed by atoms with Crippen LogP contribution in [0.25, 0.3) is 0 Å². The van der Waals surface area contributed by atoms with E-state index in [4.69, 9.17) is 9.31 Å². The highest BCUT2D eigenvalue weighted by atomic mass is 16.7. The first kappa shape index (κ1) is 16.9. The zero-order chi connectivity index (χ0) is 16.8. The highest BCUT2D eigenvalue weighted by molar-refractivity contribution is 6.62. The summed E-state index contributed by atoms with van der Waals surface area (Å²) in [7, 11) is -0.395. The Morgan fingerprint density at radius 3 is 2.13 bits per heavy atom. The molecule has 1 aromatic rings. The van der Waals surface area contributed by atoms with E-state index in [0.717, 1.165) is 11.0 Å². The molecule has 2 atom stereocenters. The first-order valence-corrected chi connectivity index (χ1v) is 8.21. The van der Waals surface area contributed by atoms with E-state index < -0.39 is 19.3 Å². The van der Waals surface area contributed by atoms with Crippen LogP contribution in [0.4, 0.5) is 0 Å². The van der Waals surface area contributed by atoms with Crippen molar-refractivity contribution in [3.05, 3.63) is 29.8 Å². The molecule has 2 fully saturated rings. The molecule has 126 valence electrons. The highest BCUT2D eigenvalue weighted by Gasteiger charge is 2.52. The van der Waals surface area contributed by atoms with Gasteiger partial charge < -0.3 is 19.5 Å². The molecule has 0 saturated carbocycles. The first-order valence-electron chi connectivity index (χ1n) is 8.21. The maximum atomic E-state index is 9.72. The number of hydrogen-bond donors (Lipinski definition) is 2. The first-order chi connectivity index (χ1) is 10.7. The van der Waals surface area contributed by atoms with Gasteiger partial charge in [0.1, 0.15) is 0 Å². The molecule has 1 aromatic carbocycles. The van der Waals surface area contributed by atoms with E-state index in [9.17, 15) is 10.2 Å². The number of aliphatic hydroxyl groups excluding tert-OH is 2. The molecular formula is C17H26BNO4. The molecule has 0 amide bonds. The molecule has 0 spiro atoms. The van der Waals surface area contributed by atoms with Gasteiger partial charge in [0, 0.05) is 19.6 Å². The molecule has 3 rings (SSSR count). The number of nitrogens with zero attached hydrogens (tertiary/aromatic N) is 1. The van der Waals surface area contributed by atoms with Crippen LogP contribution in [-0.2, 0) is 15.9 Å². The van der Waals surface area contributed by atoms with Crippen molar-refractivity contribution in [3.8, 4) is 0 Å². The van der Waals surface area contributed by atoms with Gasteiger partial charge in [0.05, 0.1) is 23.4 Å². The van der Waals surface area contributed by atoms with Crippen LogP contribution in [0, 0.1) is 0 Å². The van der Waals surface area contributed by atoms with E-state index in [2.05, 4.69) is 11.0 Å². The number of aliphatic hydroxyl groups is 2. The smallest absolute Gasteiger partial charge is 0.399 e. The fraction of sp³-hybridized carbons (Fsp3) is 0.647. The van der Waals surface area contributed by atoms with E-state index in [0.29, 0.717) is 19.6 Å². The van der Waals surface area contributed by atoms with Crippen LogP contribution in [0.15, 0.2) is 24.3 Å². The van der Waals surface area contributed by atoms with Gasteiger partial charge in [-0.15, -0.1) is 0 Å². The molecule has 0 bridgehead atoms. The lowest BCUT2D eigenvalue weighted by Crippen LogP contribution is -2.41.